The average molecular weight is 507 g/mol. The van der Waals surface area contributed by atoms with E-state index in [0.717, 1.165) is 5.56 Å². The van der Waals surface area contributed by atoms with Gasteiger partial charge in [-0.15, -0.1) is 0 Å². The number of rotatable bonds is 8. The SMILES string of the molecule is COCCOc1ccc(-c2cnc3c(c2)CC(c2cc(NC(=O)c4ccco4)ccc2Cl)=N3)c(F)n1. The first-order chi connectivity index (χ1) is 17.5. The number of hydrogen-bond donors (Lipinski definition) is 1. The number of carbonyl (C=O) groups excluding carboxylic acids is 1. The van der Waals surface area contributed by atoms with Gasteiger partial charge in [0.05, 0.1) is 18.6 Å². The summed E-state index contributed by atoms with van der Waals surface area (Å²) in [7, 11) is 1.56. The van der Waals surface area contributed by atoms with Gasteiger partial charge in [0, 0.05) is 58.8 Å². The summed E-state index contributed by atoms with van der Waals surface area (Å²) in [6, 6.07) is 13.4. The molecule has 0 spiro atoms. The third kappa shape index (κ3) is 4.98. The van der Waals surface area contributed by atoms with Gasteiger partial charge in [0.25, 0.3) is 5.91 Å². The first-order valence-corrected chi connectivity index (χ1v) is 11.4. The van der Waals surface area contributed by atoms with E-state index in [0.29, 0.717) is 52.0 Å². The van der Waals surface area contributed by atoms with E-state index < -0.39 is 5.95 Å². The highest BCUT2D eigenvalue weighted by Crippen LogP contribution is 2.34. The molecule has 1 aliphatic heterocycles. The number of hydrogen-bond acceptors (Lipinski definition) is 7. The van der Waals surface area contributed by atoms with Crippen LogP contribution in [-0.4, -0.2) is 41.9 Å². The number of amides is 1. The van der Waals surface area contributed by atoms with Crippen LogP contribution in [0.3, 0.4) is 0 Å². The molecule has 0 saturated carbocycles. The van der Waals surface area contributed by atoms with Crippen LogP contribution >= 0.6 is 11.6 Å². The lowest BCUT2D eigenvalue weighted by atomic mass is 10.0. The Bertz CT molecular complexity index is 1460. The lowest BCUT2D eigenvalue weighted by Gasteiger charge is -2.09. The van der Waals surface area contributed by atoms with E-state index in [9.17, 15) is 9.18 Å². The standard InChI is InChI=1S/C26H20ClFN4O4/c1-34-9-10-36-23-7-5-18(24(28)32-23)16-11-15-12-21(31-25(15)29-14-16)19-13-17(4-6-20(19)27)30-26(33)22-3-2-8-35-22/h2-8,11,13-14H,9-10,12H2,1H3,(H,30,33). The minimum Gasteiger partial charge on any atom is -0.475 e. The van der Waals surface area contributed by atoms with Crippen molar-refractivity contribution in [3.8, 4) is 17.0 Å². The zero-order chi connectivity index (χ0) is 25.1. The summed E-state index contributed by atoms with van der Waals surface area (Å²) in [6.45, 7) is 0.657. The molecular formula is C26H20ClFN4O4. The van der Waals surface area contributed by atoms with Gasteiger partial charge in [-0.05, 0) is 42.5 Å². The number of aromatic nitrogens is 2. The van der Waals surface area contributed by atoms with Crippen LogP contribution < -0.4 is 10.1 Å². The number of benzene rings is 1. The Hall–Kier alpha value is -4.08. The number of anilines is 1. The highest BCUT2D eigenvalue weighted by molar-refractivity contribution is 6.34. The molecule has 1 amide bonds. The van der Waals surface area contributed by atoms with Crippen molar-refractivity contribution in [2.24, 2.45) is 4.99 Å². The number of aliphatic imine (C=N–C) groups is 1. The molecule has 0 saturated heterocycles. The molecule has 10 heteroatoms. The highest BCUT2D eigenvalue weighted by Gasteiger charge is 2.22. The van der Waals surface area contributed by atoms with Crippen molar-refractivity contribution in [2.75, 3.05) is 25.6 Å². The monoisotopic (exact) mass is 506 g/mol. The second kappa shape index (κ2) is 10.3. The van der Waals surface area contributed by atoms with E-state index in [1.54, 1.807) is 55.8 Å². The van der Waals surface area contributed by atoms with Crippen molar-refractivity contribution in [3.05, 3.63) is 88.8 Å². The van der Waals surface area contributed by atoms with Gasteiger partial charge in [-0.3, -0.25) is 4.79 Å². The molecular weight excluding hydrogens is 487 g/mol. The summed E-state index contributed by atoms with van der Waals surface area (Å²) < 4.78 is 30.1. The summed E-state index contributed by atoms with van der Waals surface area (Å²) in [5.74, 6) is -0.120. The van der Waals surface area contributed by atoms with Crippen LogP contribution in [0.5, 0.6) is 5.88 Å². The lowest BCUT2D eigenvalue weighted by Crippen LogP contribution is -2.11. The predicted octanol–water partition coefficient (Wildman–Crippen LogP) is 5.48. The zero-order valence-electron chi connectivity index (χ0n) is 19.1. The summed E-state index contributed by atoms with van der Waals surface area (Å²) in [4.78, 5) is 25.2. The Kier molecular flexibility index (Phi) is 6.75. The maximum atomic E-state index is 14.7. The molecule has 0 bridgehead atoms. The molecule has 0 unspecified atom stereocenters. The largest absolute Gasteiger partial charge is 0.475 e. The minimum absolute atomic E-state index is 0.182. The van der Waals surface area contributed by atoms with Gasteiger partial charge in [-0.25, -0.2) is 9.98 Å². The zero-order valence-corrected chi connectivity index (χ0v) is 19.9. The van der Waals surface area contributed by atoms with Gasteiger partial charge in [0.2, 0.25) is 11.8 Å². The number of fused-ring (bicyclic) bond motifs is 1. The van der Waals surface area contributed by atoms with Crippen molar-refractivity contribution in [2.45, 2.75) is 6.42 Å². The first kappa shape index (κ1) is 23.7. The van der Waals surface area contributed by atoms with Crippen LogP contribution in [0.4, 0.5) is 15.9 Å². The number of carbonyl (C=O) groups is 1. The molecule has 3 aromatic heterocycles. The van der Waals surface area contributed by atoms with Gasteiger partial charge in [0.1, 0.15) is 6.61 Å². The third-order valence-corrected chi connectivity index (χ3v) is 5.82. The molecule has 0 aliphatic carbocycles. The number of nitrogens with zero attached hydrogens (tertiary/aromatic N) is 3. The van der Waals surface area contributed by atoms with Crippen LogP contribution in [0, 0.1) is 5.95 Å². The Morgan fingerprint density at radius 2 is 2.06 bits per heavy atom. The fraction of sp³-hybridized carbons (Fsp3) is 0.154. The number of methoxy groups -OCH3 is 1. The van der Waals surface area contributed by atoms with E-state index in [1.165, 1.54) is 6.26 Å². The van der Waals surface area contributed by atoms with Gasteiger partial charge in [0.15, 0.2) is 11.6 Å². The minimum atomic E-state index is -0.658. The fourth-order valence-electron chi connectivity index (χ4n) is 3.75. The first-order valence-electron chi connectivity index (χ1n) is 11.0. The van der Waals surface area contributed by atoms with Gasteiger partial charge >= 0.3 is 0 Å². The smallest absolute Gasteiger partial charge is 0.291 e. The summed E-state index contributed by atoms with van der Waals surface area (Å²) in [5.41, 5.74) is 3.60. The molecule has 182 valence electrons. The van der Waals surface area contributed by atoms with Crippen LogP contribution in [0.2, 0.25) is 5.02 Å². The number of pyridine rings is 2. The molecule has 1 aromatic carbocycles. The van der Waals surface area contributed by atoms with Crippen molar-refractivity contribution < 1.29 is 23.1 Å². The molecule has 0 fully saturated rings. The fourth-order valence-corrected chi connectivity index (χ4v) is 3.98. The lowest BCUT2D eigenvalue weighted by molar-refractivity contribution is 0.0996. The third-order valence-electron chi connectivity index (χ3n) is 5.49. The van der Waals surface area contributed by atoms with Crippen molar-refractivity contribution in [1.82, 2.24) is 9.97 Å². The van der Waals surface area contributed by atoms with E-state index in [-0.39, 0.29) is 24.2 Å². The number of furan rings is 1. The Morgan fingerprint density at radius 1 is 1.17 bits per heavy atom. The van der Waals surface area contributed by atoms with Gasteiger partial charge in [-0.1, -0.05) is 11.6 Å². The molecule has 1 aliphatic rings. The summed E-state index contributed by atoms with van der Waals surface area (Å²) >= 11 is 6.45. The van der Waals surface area contributed by atoms with Crippen LogP contribution in [-0.2, 0) is 11.2 Å². The number of halogens is 2. The predicted molar refractivity (Wildman–Crippen MR) is 133 cm³/mol. The van der Waals surface area contributed by atoms with E-state index in [1.807, 2.05) is 6.07 Å². The molecule has 0 radical (unpaired) electrons. The normalized spacial score (nSPS) is 12.2. The van der Waals surface area contributed by atoms with E-state index in [2.05, 4.69) is 20.3 Å². The van der Waals surface area contributed by atoms with Crippen molar-refractivity contribution in [1.29, 1.82) is 0 Å². The molecule has 4 aromatic rings. The molecule has 4 heterocycles. The van der Waals surface area contributed by atoms with Crippen molar-refractivity contribution >= 4 is 34.7 Å². The molecule has 1 N–H and O–H groups in total. The van der Waals surface area contributed by atoms with Crippen LogP contribution in [0.25, 0.3) is 11.1 Å². The Balaban J connectivity index is 1.34. The Labute approximate surface area is 210 Å². The number of ether oxygens (including phenoxy) is 2. The van der Waals surface area contributed by atoms with Crippen molar-refractivity contribution in [3.63, 3.8) is 0 Å². The second-order valence-electron chi connectivity index (χ2n) is 7.90. The highest BCUT2D eigenvalue weighted by atomic mass is 35.5. The molecule has 36 heavy (non-hydrogen) atoms. The van der Waals surface area contributed by atoms with E-state index >= 15 is 0 Å². The van der Waals surface area contributed by atoms with Gasteiger partial charge in [-0.2, -0.15) is 9.37 Å². The Morgan fingerprint density at radius 3 is 2.83 bits per heavy atom. The molecule has 5 rings (SSSR count). The molecule has 0 atom stereocenters. The van der Waals surface area contributed by atoms with Crippen LogP contribution in [0.15, 0.2) is 70.4 Å². The summed E-state index contributed by atoms with van der Waals surface area (Å²) in [6.07, 6.45) is 3.43. The topological polar surface area (TPSA) is 98.8 Å². The van der Waals surface area contributed by atoms with Crippen LogP contribution in [0.1, 0.15) is 21.7 Å². The average Bonchev–Trinajstić information content (AvgIpc) is 3.55. The second-order valence-corrected chi connectivity index (χ2v) is 8.30. The summed E-state index contributed by atoms with van der Waals surface area (Å²) in [5, 5.41) is 3.27. The number of nitrogens with one attached hydrogen (secondary N) is 1. The van der Waals surface area contributed by atoms with Gasteiger partial charge < -0.3 is 19.2 Å². The maximum Gasteiger partial charge on any atom is 0.291 e. The molecule has 8 nitrogen and oxygen atoms in total. The quantitative estimate of drug-likeness (QED) is 0.251. The maximum absolute atomic E-state index is 14.7. The van der Waals surface area contributed by atoms with E-state index in [4.69, 9.17) is 25.5 Å².